The summed E-state index contributed by atoms with van der Waals surface area (Å²) in [7, 11) is 1.87. The Hall–Kier alpha value is -1.68. The van der Waals surface area contributed by atoms with Crippen LogP contribution < -0.4 is 5.73 Å². The van der Waals surface area contributed by atoms with Gasteiger partial charge in [-0.1, -0.05) is 23.4 Å². The number of rotatable bonds is 3. The van der Waals surface area contributed by atoms with Crippen molar-refractivity contribution < 1.29 is 0 Å². The maximum absolute atomic E-state index is 6.25. The van der Waals surface area contributed by atoms with Crippen LogP contribution in [0.5, 0.6) is 0 Å². The lowest BCUT2D eigenvalue weighted by Gasteiger charge is -2.12. The zero-order valence-electron chi connectivity index (χ0n) is 10.6. The molecule has 0 aliphatic heterocycles. The molecule has 0 spiro atoms. The lowest BCUT2D eigenvalue weighted by atomic mass is 9.99. The highest BCUT2D eigenvalue weighted by atomic mass is 15.4. The van der Waals surface area contributed by atoms with Gasteiger partial charge in [-0.15, -0.1) is 5.10 Å². The van der Waals surface area contributed by atoms with Gasteiger partial charge >= 0.3 is 0 Å². The quantitative estimate of drug-likeness (QED) is 0.888. The van der Waals surface area contributed by atoms with Crippen LogP contribution in [-0.2, 0) is 26.3 Å². The lowest BCUT2D eigenvalue weighted by molar-refractivity contribution is 0.693. The average Bonchev–Trinajstić information content (AvgIpc) is 2.96. The Morgan fingerprint density at radius 3 is 2.94 bits per heavy atom. The van der Waals surface area contributed by atoms with E-state index in [1.54, 1.807) is 4.68 Å². The van der Waals surface area contributed by atoms with Crippen LogP contribution in [0.25, 0.3) is 0 Å². The average molecular weight is 242 g/mol. The fourth-order valence-corrected chi connectivity index (χ4v) is 2.65. The summed E-state index contributed by atoms with van der Waals surface area (Å²) in [4.78, 5) is 0. The predicted octanol–water partition coefficient (Wildman–Crippen LogP) is 1.55. The normalized spacial score (nSPS) is 15.7. The van der Waals surface area contributed by atoms with Gasteiger partial charge in [0, 0.05) is 25.7 Å². The summed E-state index contributed by atoms with van der Waals surface area (Å²) < 4.78 is 1.71. The molecule has 0 saturated heterocycles. The Bertz CT molecular complexity index is 559. The van der Waals surface area contributed by atoms with E-state index in [0.717, 1.165) is 12.1 Å². The van der Waals surface area contributed by atoms with Crippen LogP contribution in [0.4, 0.5) is 0 Å². The fraction of sp³-hybridized carbons (Fsp3) is 0.429. The zero-order valence-corrected chi connectivity index (χ0v) is 10.6. The Kier molecular flexibility index (Phi) is 2.88. The van der Waals surface area contributed by atoms with Crippen LogP contribution >= 0.6 is 0 Å². The van der Waals surface area contributed by atoms with Crippen molar-refractivity contribution in [2.45, 2.75) is 31.7 Å². The summed E-state index contributed by atoms with van der Waals surface area (Å²) in [5, 5.41) is 8.02. The third-order valence-corrected chi connectivity index (χ3v) is 3.63. The van der Waals surface area contributed by atoms with Crippen LogP contribution in [0, 0.1) is 0 Å². The van der Waals surface area contributed by atoms with Gasteiger partial charge in [-0.05, 0) is 36.0 Å². The van der Waals surface area contributed by atoms with E-state index in [1.165, 1.54) is 36.0 Å². The van der Waals surface area contributed by atoms with Crippen LogP contribution in [0.3, 0.4) is 0 Å². The number of benzene rings is 1. The SMILES string of the molecule is Cn1cc(CC(N)c2ccc3c(c2)CCC3)nn1. The summed E-state index contributed by atoms with van der Waals surface area (Å²) in [5.41, 5.74) is 11.4. The first-order chi connectivity index (χ1) is 8.72. The molecule has 18 heavy (non-hydrogen) atoms. The summed E-state index contributed by atoms with van der Waals surface area (Å²) in [5.74, 6) is 0. The van der Waals surface area contributed by atoms with Gasteiger partial charge in [-0.3, -0.25) is 4.68 Å². The monoisotopic (exact) mass is 242 g/mol. The molecule has 1 aromatic heterocycles. The summed E-state index contributed by atoms with van der Waals surface area (Å²) in [6, 6.07) is 6.66. The number of aromatic nitrogens is 3. The van der Waals surface area contributed by atoms with Crippen molar-refractivity contribution in [1.29, 1.82) is 0 Å². The molecule has 1 aliphatic carbocycles. The number of aryl methyl sites for hydroxylation is 3. The van der Waals surface area contributed by atoms with E-state index >= 15 is 0 Å². The second-order valence-electron chi connectivity index (χ2n) is 5.08. The van der Waals surface area contributed by atoms with Gasteiger partial charge in [0.1, 0.15) is 0 Å². The second-order valence-corrected chi connectivity index (χ2v) is 5.08. The number of fused-ring (bicyclic) bond motifs is 1. The first kappa shape index (κ1) is 11.4. The number of nitrogens with two attached hydrogens (primary N) is 1. The van der Waals surface area contributed by atoms with Crippen molar-refractivity contribution in [2.24, 2.45) is 12.8 Å². The molecule has 2 N–H and O–H groups in total. The Labute approximate surface area is 107 Å². The first-order valence-corrected chi connectivity index (χ1v) is 6.45. The summed E-state index contributed by atoms with van der Waals surface area (Å²) >= 11 is 0. The molecular formula is C14H18N4. The van der Waals surface area contributed by atoms with Gasteiger partial charge < -0.3 is 5.73 Å². The van der Waals surface area contributed by atoms with Gasteiger partial charge in [0.15, 0.2) is 0 Å². The smallest absolute Gasteiger partial charge is 0.0845 e. The molecule has 0 radical (unpaired) electrons. The Balaban J connectivity index is 1.78. The van der Waals surface area contributed by atoms with Gasteiger partial charge in [0.2, 0.25) is 0 Å². The van der Waals surface area contributed by atoms with Crippen LogP contribution in [0.15, 0.2) is 24.4 Å². The topological polar surface area (TPSA) is 56.7 Å². The highest BCUT2D eigenvalue weighted by Crippen LogP contribution is 2.25. The summed E-state index contributed by atoms with van der Waals surface area (Å²) in [6.07, 6.45) is 6.36. The van der Waals surface area contributed by atoms with Gasteiger partial charge in [0.25, 0.3) is 0 Å². The zero-order chi connectivity index (χ0) is 12.5. The molecule has 94 valence electrons. The summed E-state index contributed by atoms with van der Waals surface area (Å²) in [6.45, 7) is 0. The molecule has 2 aromatic rings. The molecule has 1 aliphatic rings. The highest BCUT2D eigenvalue weighted by molar-refractivity contribution is 5.36. The van der Waals surface area contributed by atoms with Crippen molar-refractivity contribution in [1.82, 2.24) is 15.0 Å². The standard InChI is InChI=1S/C14H18N4/c1-18-9-13(16-17-18)8-14(15)12-6-5-10-3-2-4-11(10)7-12/h5-7,9,14H,2-4,8,15H2,1H3. The van der Waals surface area contributed by atoms with Crippen LogP contribution in [0.1, 0.15) is 34.8 Å². The van der Waals surface area contributed by atoms with Gasteiger partial charge in [0.05, 0.1) is 5.69 Å². The van der Waals surface area contributed by atoms with Gasteiger partial charge in [-0.2, -0.15) is 0 Å². The van der Waals surface area contributed by atoms with Gasteiger partial charge in [-0.25, -0.2) is 0 Å². The minimum absolute atomic E-state index is 0.00704. The van der Waals surface area contributed by atoms with E-state index in [1.807, 2.05) is 13.2 Å². The molecule has 1 aromatic carbocycles. The molecule has 4 heteroatoms. The van der Waals surface area contributed by atoms with Crippen molar-refractivity contribution >= 4 is 0 Å². The molecule has 0 amide bonds. The molecule has 0 bridgehead atoms. The minimum Gasteiger partial charge on any atom is -0.324 e. The number of hydrogen-bond acceptors (Lipinski definition) is 3. The van der Waals surface area contributed by atoms with Crippen molar-refractivity contribution in [3.8, 4) is 0 Å². The minimum atomic E-state index is 0.00704. The van der Waals surface area contributed by atoms with E-state index in [4.69, 9.17) is 5.73 Å². The fourth-order valence-electron chi connectivity index (χ4n) is 2.65. The maximum atomic E-state index is 6.25. The molecule has 3 rings (SSSR count). The van der Waals surface area contributed by atoms with Crippen LogP contribution in [-0.4, -0.2) is 15.0 Å². The Morgan fingerprint density at radius 2 is 2.17 bits per heavy atom. The first-order valence-electron chi connectivity index (χ1n) is 6.45. The van der Waals surface area contributed by atoms with E-state index in [-0.39, 0.29) is 6.04 Å². The Morgan fingerprint density at radius 1 is 1.33 bits per heavy atom. The number of hydrogen-bond donors (Lipinski definition) is 1. The molecule has 1 atom stereocenters. The number of nitrogens with zero attached hydrogens (tertiary/aromatic N) is 3. The second kappa shape index (κ2) is 4.53. The van der Waals surface area contributed by atoms with Crippen molar-refractivity contribution in [3.63, 3.8) is 0 Å². The maximum Gasteiger partial charge on any atom is 0.0845 e. The lowest BCUT2D eigenvalue weighted by Crippen LogP contribution is -2.14. The van der Waals surface area contributed by atoms with E-state index < -0.39 is 0 Å². The van der Waals surface area contributed by atoms with E-state index in [2.05, 4.69) is 28.5 Å². The molecular weight excluding hydrogens is 224 g/mol. The highest BCUT2D eigenvalue weighted by Gasteiger charge is 2.14. The molecule has 1 heterocycles. The van der Waals surface area contributed by atoms with E-state index in [0.29, 0.717) is 0 Å². The molecule has 1 unspecified atom stereocenters. The molecule has 0 fully saturated rings. The van der Waals surface area contributed by atoms with E-state index in [9.17, 15) is 0 Å². The van der Waals surface area contributed by atoms with Crippen molar-refractivity contribution in [2.75, 3.05) is 0 Å². The van der Waals surface area contributed by atoms with Crippen molar-refractivity contribution in [3.05, 3.63) is 46.8 Å². The van der Waals surface area contributed by atoms with Crippen LogP contribution in [0.2, 0.25) is 0 Å². The predicted molar refractivity (Wildman–Crippen MR) is 70.1 cm³/mol. The third-order valence-electron chi connectivity index (χ3n) is 3.63. The largest absolute Gasteiger partial charge is 0.324 e. The molecule has 0 saturated carbocycles. The molecule has 4 nitrogen and oxygen atoms in total. The third kappa shape index (κ3) is 2.16.